The van der Waals surface area contributed by atoms with E-state index in [0.29, 0.717) is 11.9 Å². The number of nitrogens with one attached hydrogen (secondary N) is 1. The third-order valence-corrected chi connectivity index (χ3v) is 3.70. The molecule has 6 heteroatoms. The Hall–Kier alpha value is -1.40. The molecule has 0 fully saturated rings. The Morgan fingerprint density at radius 1 is 1.42 bits per heavy atom. The van der Waals surface area contributed by atoms with Crippen molar-refractivity contribution in [3.8, 4) is 0 Å². The molecule has 0 aliphatic heterocycles. The summed E-state index contributed by atoms with van der Waals surface area (Å²) in [4.78, 5) is 8.46. The van der Waals surface area contributed by atoms with Crippen LogP contribution in [-0.2, 0) is 17.9 Å². The van der Waals surface area contributed by atoms with E-state index in [2.05, 4.69) is 33.4 Å². The number of nitrogens with zero attached hydrogens (tertiary/aromatic N) is 3. The van der Waals surface area contributed by atoms with Gasteiger partial charge in [-0.1, -0.05) is 11.2 Å². The van der Waals surface area contributed by atoms with Gasteiger partial charge in [0, 0.05) is 30.6 Å². The first-order valence-corrected chi connectivity index (χ1v) is 7.38. The predicted molar refractivity (Wildman–Crippen MR) is 75.8 cm³/mol. The van der Waals surface area contributed by atoms with E-state index >= 15 is 0 Å². The third-order valence-electron chi connectivity index (χ3n) is 2.71. The molecule has 0 aliphatic rings. The van der Waals surface area contributed by atoms with Gasteiger partial charge in [0.15, 0.2) is 5.82 Å². The van der Waals surface area contributed by atoms with E-state index in [0.717, 1.165) is 23.8 Å². The van der Waals surface area contributed by atoms with Crippen molar-refractivity contribution in [2.75, 3.05) is 7.05 Å². The molecular weight excluding hydrogens is 260 g/mol. The molecule has 102 valence electrons. The summed E-state index contributed by atoms with van der Waals surface area (Å²) in [6, 6.07) is 4.36. The molecule has 0 radical (unpaired) electrons. The summed E-state index contributed by atoms with van der Waals surface area (Å²) in [5.74, 6) is 3.08. The minimum Gasteiger partial charge on any atom is -0.338 e. The fraction of sp³-hybridized carbons (Fsp3) is 0.462. The van der Waals surface area contributed by atoms with E-state index in [4.69, 9.17) is 4.52 Å². The number of pyridine rings is 1. The van der Waals surface area contributed by atoms with Gasteiger partial charge < -0.3 is 9.84 Å². The first-order valence-electron chi connectivity index (χ1n) is 6.23. The standard InChI is InChI=1S/C13H18N4OS/c1-10(14-2)6-12-16-13(18-17-12)9-19-8-11-4-3-5-15-7-11/h3-5,7,10,14H,6,8-9H2,1-2H3. The zero-order valence-corrected chi connectivity index (χ0v) is 12.0. The maximum Gasteiger partial charge on any atom is 0.236 e. The molecule has 0 amide bonds. The van der Waals surface area contributed by atoms with Crippen LogP contribution in [0.15, 0.2) is 29.0 Å². The molecule has 0 saturated carbocycles. The second-order valence-electron chi connectivity index (χ2n) is 4.35. The lowest BCUT2D eigenvalue weighted by Crippen LogP contribution is -2.24. The van der Waals surface area contributed by atoms with Crippen LogP contribution in [0.1, 0.15) is 24.2 Å². The molecule has 1 unspecified atom stereocenters. The summed E-state index contributed by atoms with van der Waals surface area (Å²) >= 11 is 1.75. The second kappa shape index (κ2) is 7.25. The molecule has 0 bridgehead atoms. The van der Waals surface area contributed by atoms with Crippen LogP contribution in [0.25, 0.3) is 0 Å². The van der Waals surface area contributed by atoms with Crippen molar-refractivity contribution in [1.29, 1.82) is 0 Å². The Morgan fingerprint density at radius 2 is 2.32 bits per heavy atom. The van der Waals surface area contributed by atoms with Crippen molar-refractivity contribution in [3.05, 3.63) is 41.8 Å². The Kier molecular flexibility index (Phi) is 5.35. The second-order valence-corrected chi connectivity index (χ2v) is 5.34. The van der Waals surface area contributed by atoms with Gasteiger partial charge >= 0.3 is 0 Å². The molecule has 0 aromatic carbocycles. The minimum atomic E-state index is 0.355. The highest BCUT2D eigenvalue weighted by Crippen LogP contribution is 2.16. The number of thioether (sulfide) groups is 1. The van der Waals surface area contributed by atoms with Crippen LogP contribution in [0.3, 0.4) is 0 Å². The maximum absolute atomic E-state index is 5.22. The molecule has 1 N–H and O–H groups in total. The van der Waals surface area contributed by atoms with Gasteiger partial charge in [-0.2, -0.15) is 4.98 Å². The Balaban J connectivity index is 1.77. The molecule has 2 heterocycles. The van der Waals surface area contributed by atoms with Crippen molar-refractivity contribution in [2.24, 2.45) is 0 Å². The molecule has 19 heavy (non-hydrogen) atoms. The lowest BCUT2D eigenvalue weighted by atomic mass is 10.2. The van der Waals surface area contributed by atoms with Crippen molar-refractivity contribution in [3.63, 3.8) is 0 Å². The van der Waals surface area contributed by atoms with E-state index in [-0.39, 0.29) is 0 Å². The summed E-state index contributed by atoms with van der Waals surface area (Å²) in [6.45, 7) is 2.09. The van der Waals surface area contributed by atoms with E-state index < -0.39 is 0 Å². The van der Waals surface area contributed by atoms with Gasteiger partial charge in [0.25, 0.3) is 0 Å². The molecule has 2 rings (SSSR count). The highest BCUT2D eigenvalue weighted by Gasteiger charge is 2.09. The SMILES string of the molecule is CNC(C)Cc1noc(CSCc2cccnc2)n1. The minimum absolute atomic E-state index is 0.355. The van der Waals surface area contributed by atoms with Crippen LogP contribution in [0.4, 0.5) is 0 Å². The van der Waals surface area contributed by atoms with Crippen LogP contribution in [0.5, 0.6) is 0 Å². The summed E-state index contributed by atoms with van der Waals surface area (Å²) in [7, 11) is 1.93. The smallest absolute Gasteiger partial charge is 0.236 e. The average Bonchev–Trinajstić information content (AvgIpc) is 2.87. The molecule has 2 aromatic rings. The maximum atomic E-state index is 5.22. The highest BCUT2D eigenvalue weighted by molar-refractivity contribution is 7.97. The van der Waals surface area contributed by atoms with Crippen molar-refractivity contribution < 1.29 is 4.52 Å². The van der Waals surface area contributed by atoms with Crippen LogP contribution >= 0.6 is 11.8 Å². The number of aromatic nitrogens is 3. The molecule has 5 nitrogen and oxygen atoms in total. The van der Waals surface area contributed by atoms with Crippen LogP contribution in [0, 0.1) is 0 Å². The van der Waals surface area contributed by atoms with Gasteiger partial charge in [0.05, 0.1) is 5.75 Å². The van der Waals surface area contributed by atoms with Crippen LogP contribution in [0.2, 0.25) is 0 Å². The lowest BCUT2D eigenvalue weighted by Gasteiger charge is -2.04. The van der Waals surface area contributed by atoms with Gasteiger partial charge in [0.1, 0.15) is 0 Å². The lowest BCUT2D eigenvalue weighted by molar-refractivity contribution is 0.382. The normalized spacial score (nSPS) is 12.5. The number of hydrogen-bond acceptors (Lipinski definition) is 6. The number of hydrogen-bond donors (Lipinski definition) is 1. The van der Waals surface area contributed by atoms with Crippen LogP contribution < -0.4 is 5.32 Å². The first kappa shape index (κ1) is 14.0. The summed E-state index contributed by atoms with van der Waals surface area (Å²) in [6.07, 6.45) is 4.44. The number of likely N-dealkylation sites (N-methyl/N-ethyl adjacent to an activating group) is 1. The van der Waals surface area contributed by atoms with Gasteiger partial charge in [-0.15, -0.1) is 11.8 Å². The van der Waals surface area contributed by atoms with Crippen LogP contribution in [-0.4, -0.2) is 28.2 Å². The molecule has 0 saturated heterocycles. The largest absolute Gasteiger partial charge is 0.338 e. The fourth-order valence-electron chi connectivity index (χ4n) is 1.55. The molecular formula is C13H18N4OS. The molecule has 1 atom stereocenters. The van der Waals surface area contributed by atoms with Gasteiger partial charge in [-0.25, -0.2) is 0 Å². The highest BCUT2D eigenvalue weighted by atomic mass is 32.2. The Labute approximate surface area is 117 Å². The molecule has 0 spiro atoms. The number of rotatable bonds is 7. The zero-order valence-electron chi connectivity index (χ0n) is 11.2. The van der Waals surface area contributed by atoms with Gasteiger partial charge in [-0.05, 0) is 25.6 Å². The third kappa shape index (κ3) is 4.65. The molecule has 0 aliphatic carbocycles. The molecule has 2 aromatic heterocycles. The Morgan fingerprint density at radius 3 is 3.05 bits per heavy atom. The Bertz CT molecular complexity index is 488. The fourth-order valence-corrected chi connectivity index (χ4v) is 2.35. The first-order chi connectivity index (χ1) is 9.28. The van der Waals surface area contributed by atoms with E-state index in [1.165, 1.54) is 5.56 Å². The van der Waals surface area contributed by atoms with Crippen molar-refractivity contribution in [2.45, 2.75) is 30.9 Å². The van der Waals surface area contributed by atoms with E-state index in [1.54, 1.807) is 18.0 Å². The summed E-state index contributed by atoms with van der Waals surface area (Å²) < 4.78 is 5.22. The van der Waals surface area contributed by atoms with Crippen molar-refractivity contribution >= 4 is 11.8 Å². The summed E-state index contributed by atoms with van der Waals surface area (Å²) in [5.41, 5.74) is 1.20. The predicted octanol–water partition coefficient (Wildman–Crippen LogP) is 2.05. The van der Waals surface area contributed by atoms with Gasteiger partial charge in [-0.3, -0.25) is 4.98 Å². The van der Waals surface area contributed by atoms with Gasteiger partial charge in [0.2, 0.25) is 5.89 Å². The van der Waals surface area contributed by atoms with E-state index in [9.17, 15) is 0 Å². The quantitative estimate of drug-likeness (QED) is 0.836. The topological polar surface area (TPSA) is 63.8 Å². The zero-order chi connectivity index (χ0) is 13.5. The average molecular weight is 278 g/mol. The summed E-state index contributed by atoms with van der Waals surface area (Å²) in [5, 5.41) is 7.13. The van der Waals surface area contributed by atoms with E-state index in [1.807, 2.05) is 19.3 Å². The van der Waals surface area contributed by atoms with Crippen molar-refractivity contribution in [1.82, 2.24) is 20.4 Å². The monoisotopic (exact) mass is 278 g/mol.